The minimum Gasteiger partial charge on any atom is -0.396 e. The van der Waals surface area contributed by atoms with Gasteiger partial charge >= 0.3 is 6.36 Å². The van der Waals surface area contributed by atoms with Crippen molar-refractivity contribution in [2.75, 3.05) is 13.2 Å². The molecule has 3 aliphatic rings. The molecule has 9 heteroatoms. The van der Waals surface area contributed by atoms with Gasteiger partial charge in [0, 0.05) is 12.5 Å². The molecule has 3 rings (SSSR count). The van der Waals surface area contributed by atoms with Crippen molar-refractivity contribution >= 4 is 0 Å². The summed E-state index contributed by atoms with van der Waals surface area (Å²) in [5.41, 5.74) is 0. The predicted molar refractivity (Wildman–Crippen MR) is 116 cm³/mol. The SMILES string of the molecule is CC(CO)COC(C)C1CCC(C2CCC(C3CC(F)C(OC(F)(F)F)C(F)C3)C(F)C2)CC1. The maximum atomic E-state index is 15.2. The van der Waals surface area contributed by atoms with Gasteiger partial charge in [-0.05, 0) is 94.3 Å². The summed E-state index contributed by atoms with van der Waals surface area (Å²) >= 11 is 0. The van der Waals surface area contributed by atoms with Gasteiger partial charge in [-0.25, -0.2) is 13.2 Å². The van der Waals surface area contributed by atoms with E-state index in [-0.39, 0.29) is 37.4 Å². The highest BCUT2D eigenvalue weighted by Gasteiger charge is 2.49. The van der Waals surface area contributed by atoms with Crippen LogP contribution < -0.4 is 0 Å². The molecule has 0 radical (unpaired) electrons. The summed E-state index contributed by atoms with van der Waals surface area (Å²) in [5, 5.41) is 9.14. The summed E-state index contributed by atoms with van der Waals surface area (Å²) in [5.74, 6) is 0.143. The summed E-state index contributed by atoms with van der Waals surface area (Å²) < 4.78 is 90.8. The van der Waals surface area contributed by atoms with E-state index in [1.807, 2.05) is 6.92 Å². The molecule has 200 valence electrons. The summed E-state index contributed by atoms with van der Waals surface area (Å²) in [6, 6.07) is 0. The largest absolute Gasteiger partial charge is 0.522 e. The number of ether oxygens (including phenoxy) is 2. The zero-order valence-electron chi connectivity index (χ0n) is 20.2. The first-order valence-corrected chi connectivity index (χ1v) is 12.9. The molecule has 0 aliphatic heterocycles. The number of hydrogen-bond acceptors (Lipinski definition) is 3. The number of alkyl halides is 6. The third-order valence-electron chi connectivity index (χ3n) is 8.61. The highest BCUT2D eigenvalue weighted by atomic mass is 19.4. The summed E-state index contributed by atoms with van der Waals surface area (Å²) in [4.78, 5) is 0. The standard InChI is InChI=1S/C25H40F6O3/c1-14(12-32)13-33-15(2)16-3-5-17(6-4-16)18-7-8-20(21(26)9-18)19-10-22(27)24(23(28)11-19)34-25(29,30)31/h14-24,32H,3-13H2,1-2H3. The van der Waals surface area contributed by atoms with Gasteiger partial charge in [0.25, 0.3) is 0 Å². The van der Waals surface area contributed by atoms with Crippen LogP contribution in [-0.2, 0) is 9.47 Å². The first-order chi connectivity index (χ1) is 16.0. The molecule has 3 nitrogen and oxygen atoms in total. The summed E-state index contributed by atoms with van der Waals surface area (Å²) in [7, 11) is 0. The number of halogens is 6. The van der Waals surface area contributed by atoms with Gasteiger partial charge in [0.1, 0.15) is 24.6 Å². The van der Waals surface area contributed by atoms with Gasteiger partial charge < -0.3 is 9.84 Å². The Balaban J connectivity index is 1.44. The third-order valence-corrected chi connectivity index (χ3v) is 8.61. The van der Waals surface area contributed by atoms with Crippen molar-refractivity contribution in [2.45, 2.75) is 109 Å². The second-order valence-corrected chi connectivity index (χ2v) is 11.0. The average Bonchev–Trinajstić information content (AvgIpc) is 2.79. The van der Waals surface area contributed by atoms with Crippen LogP contribution in [0.3, 0.4) is 0 Å². The topological polar surface area (TPSA) is 38.7 Å². The van der Waals surface area contributed by atoms with E-state index in [1.165, 1.54) is 0 Å². The zero-order valence-corrected chi connectivity index (χ0v) is 20.2. The van der Waals surface area contributed by atoms with Crippen LogP contribution in [0.25, 0.3) is 0 Å². The third kappa shape index (κ3) is 7.48. The van der Waals surface area contributed by atoms with Crippen LogP contribution in [0.1, 0.15) is 71.6 Å². The van der Waals surface area contributed by atoms with Crippen LogP contribution in [0.15, 0.2) is 0 Å². The fourth-order valence-corrected chi connectivity index (χ4v) is 6.54. The molecular formula is C25H40F6O3. The van der Waals surface area contributed by atoms with Crippen molar-refractivity contribution in [2.24, 2.45) is 35.5 Å². The normalized spacial score (nSPS) is 41.7. The molecule has 0 amide bonds. The van der Waals surface area contributed by atoms with Crippen molar-refractivity contribution in [1.29, 1.82) is 0 Å². The van der Waals surface area contributed by atoms with Gasteiger partial charge in [0.05, 0.1) is 12.7 Å². The highest BCUT2D eigenvalue weighted by molar-refractivity contribution is 4.95. The average molecular weight is 503 g/mol. The van der Waals surface area contributed by atoms with Gasteiger partial charge in [0.15, 0.2) is 0 Å². The lowest BCUT2D eigenvalue weighted by molar-refractivity contribution is -0.358. The van der Waals surface area contributed by atoms with Crippen LogP contribution >= 0.6 is 0 Å². The second kappa shape index (κ2) is 12.1. The Morgan fingerprint density at radius 1 is 0.794 bits per heavy atom. The van der Waals surface area contributed by atoms with E-state index in [9.17, 15) is 22.0 Å². The molecule has 0 aromatic rings. The van der Waals surface area contributed by atoms with E-state index < -0.39 is 42.8 Å². The maximum Gasteiger partial charge on any atom is 0.522 e. The van der Waals surface area contributed by atoms with E-state index in [0.29, 0.717) is 31.3 Å². The first kappa shape index (κ1) is 28.0. The van der Waals surface area contributed by atoms with E-state index in [4.69, 9.17) is 9.84 Å². The van der Waals surface area contributed by atoms with Crippen LogP contribution in [0.4, 0.5) is 26.3 Å². The summed E-state index contributed by atoms with van der Waals surface area (Å²) in [6.07, 6.45) is -7.28. The predicted octanol–water partition coefficient (Wildman–Crippen LogP) is 6.57. The fourth-order valence-electron chi connectivity index (χ4n) is 6.54. The molecule has 7 unspecified atom stereocenters. The maximum absolute atomic E-state index is 15.2. The van der Waals surface area contributed by atoms with Gasteiger partial charge in [-0.15, -0.1) is 13.2 Å². The minimum atomic E-state index is -5.09. The van der Waals surface area contributed by atoms with Crippen molar-refractivity contribution in [1.82, 2.24) is 0 Å². The molecule has 1 N–H and O–H groups in total. The quantitative estimate of drug-likeness (QED) is 0.382. The second-order valence-electron chi connectivity index (χ2n) is 11.0. The van der Waals surface area contributed by atoms with E-state index >= 15 is 4.39 Å². The van der Waals surface area contributed by atoms with Crippen molar-refractivity contribution < 1.29 is 40.9 Å². The molecule has 0 saturated heterocycles. The van der Waals surface area contributed by atoms with Crippen LogP contribution in [0.2, 0.25) is 0 Å². The molecule has 0 heterocycles. The van der Waals surface area contributed by atoms with Gasteiger partial charge in [-0.2, -0.15) is 0 Å². The number of aliphatic hydroxyl groups is 1. The monoisotopic (exact) mass is 502 g/mol. The molecule has 34 heavy (non-hydrogen) atoms. The molecular weight excluding hydrogens is 462 g/mol. The Morgan fingerprint density at radius 2 is 1.35 bits per heavy atom. The highest BCUT2D eigenvalue weighted by Crippen LogP contribution is 2.48. The molecule has 0 spiro atoms. The zero-order chi connectivity index (χ0) is 25.0. The van der Waals surface area contributed by atoms with Gasteiger partial charge in [-0.1, -0.05) is 6.92 Å². The Morgan fingerprint density at radius 3 is 1.88 bits per heavy atom. The minimum absolute atomic E-state index is 0.104. The molecule has 3 fully saturated rings. The smallest absolute Gasteiger partial charge is 0.396 e. The van der Waals surface area contributed by atoms with Crippen molar-refractivity contribution in [3.8, 4) is 0 Å². The van der Waals surface area contributed by atoms with E-state index in [0.717, 1.165) is 32.1 Å². The fraction of sp³-hybridized carbons (Fsp3) is 1.00. The lowest BCUT2D eigenvalue weighted by atomic mass is 9.64. The Labute approximate surface area is 198 Å². The molecule has 0 aromatic carbocycles. The first-order valence-electron chi connectivity index (χ1n) is 12.9. The molecule has 0 aromatic heterocycles. The Hall–Kier alpha value is -0.540. The molecule has 7 atom stereocenters. The van der Waals surface area contributed by atoms with E-state index in [2.05, 4.69) is 11.7 Å². The van der Waals surface area contributed by atoms with Gasteiger partial charge in [0.2, 0.25) is 0 Å². The summed E-state index contributed by atoms with van der Waals surface area (Å²) in [6.45, 7) is 4.65. The lowest BCUT2D eigenvalue weighted by Gasteiger charge is -2.44. The van der Waals surface area contributed by atoms with Crippen LogP contribution in [-0.4, -0.2) is 55.4 Å². The van der Waals surface area contributed by atoms with Crippen LogP contribution in [0.5, 0.6) is 0 Å². The molecule has 0 bridgehead atoms. The van der Waals surface area contributed by atoms with Crippen molar-refractivity contribution in [3.05, 3.63) is 0 Å². The van der Waals surface area contributed by atoms with E-state index in [1.54, 1.807) is 0 Å². The van der Waals surface area contributed by atoms with Crippen molar-refractivity contribution in [3.63, 3.8) is 0 Å². The number of hydrogen-bond donors (Lipinski definition) is 1. The van der Waals surface area contributed by atoms with Gasteiger partial charge in [-0.3, -0.25) is 4.74 Å². The number of aliphatic hydroxyl groups excluding tert-OH is 1. The lowest BCUT2D eigenvalue weighted by Crippen LogP contribution is -2.48. The number of rotatable bonds is 8. The Bertz CT molecular complexity index is 600. The van der Waals surface area contributed by atoms with Crippen LogP contribution in [0, 0.1) is 35.5 Å². The molecule has 3 saturated carbocycles. The molecule has 3 aliphatic carbocycles. The Kier molecular flexibility index (Phi) is 10.0.